The molecule has 1 amide bonds. The van der Waals surface area contributed by atoms with Gasteiger partial charge in [-0.2, -0.15) is 0 Å². The highest BCUT2D eigenvalue weighted by molar-refractivity contribution is 5.94. The summed E-state index contributed by atoms with van der Waals surface area (Å²) in [6, 6.07) is 0. The Labute approximate surface area is 54.0 Å². The predicted octanol–water partition coefficient (Wildman–Crippen LogP) is 0.562. The van der Waals surface area contributed by atoms with Crippen LogP contribution in [0.2, 0.25) is 0 Å². The summed E-state index contributed by atoms with van der Waals surface area (Å²) in [5.74, 6) is -0.348. The highest BCUT2D eigenvalue weighted by atomic mass is 16.1. The number of amides is 1. The van der Waals surface area contributed by atoms with E-state index in [1.54, 1.807) is 6.08 Å². The fraction of sp³-hybridized carbons (Fsp3) is 0.143. The summed E-state index contributed by atoms with van der Waals surface area (Å²) in [5, 5.41) is 0. The summed E-state index contributed by atoms with van der Waals surface area (Å²) >= 11 is 0. The highest BCUT2D eigenvalue weighted by Crippen LogP contribution is 2.08. The lowest BCUT2D eigenvalue weighted by molar-refractivity contribution is -0.114. The van der Waals surface area contributed by atoms with Crippen LogP contribution in [0, 0.1) is 6.42 Å². The molecule has 0 bridgehead atoms. The smallest absolute Gasteiger partial charge is 0.244 e. The van der Waals surface area contributed by atoms with Gasteiger partial charge in [-0.1, -0.05) is 18.2 Å². The van der Waals surface area contributed by atoms with Crippen LogP contribution >= 0.6 is 0 Å². The summed E-state index contributed by atoms with van der Waals surface area (Å²) < 4.78 is 0. The Bertz CT molecular complexity index is 179. The first kappa shape index (κ1) is 6.08. The van der Waals surface area contributed by atoms with Crippen LogP contribution in [0.4, 0.5) is 0 Å². The summed E-state index contributed by atoms with van der Waals surface area (Å²) in [6.45, 7) is 0. The first-order chi connectivity index (χ1) is 4.30. The fourth-order valence-corrected chi connectivity index (χ4v) is 0.696. The van der Waals surface area contributed by atoms with Crippen molar-refractivity contribution in [2.24, 2.45) is 5.73 Å². The molecular formula is C7H8NO. The lowest BCUT2D eigenvalue weighted by atomic mass is 10.1. The van der Waals surface area contributed by atoms with Crippen molar-refractivity contribution in [3.63, 3.8) is 0 Å². The van der Waals surface area contributed by atoms with Crippen LogP contribution in [0.5, 0.6) is 0 Å². The van der Waals surface area contributed by atoms with Crippen LogP contribution in [0.25, 0.3) is 0 Å². The third-order valence-electron chi connectivity index (χ3n) is 1.17. The van der Waals surface area contributed by atoms with Crippen molar-refractivity contribution in [3.8, 4) is 0 Å². The van der Waals surface area contributed by atoms with E-state index in [0.29, 0.717) is 5.57 Å². The zero-order chi connectivity index (χ0) is 6.69. The number of allylic oxidation sites excluding steroid dienone is 3. The Morgan fingerprint density at radius 3 is 2.78 bits per heavy atom. The van der Waals surface area contributed by atoms with Gasteiger partial charge in [-0.3, -0.25) is 4.79 Å². The van der Waals surface area contributed by atoms with Crippen LogP contribution < -0.4 is 5.73 Å². The van der Waals surface area contributed by atoms with Gasteiger partial charge in [0.25, 0.3) is 0 Å². The van der Waals surface area contributed by atoms with Crippen molar-refractivity contribution in [1.29, 1.82) is 0 Å². The highest BCUT2D eigenvalue weighted by Gasteiger charge is 2.04. The first-order valence-electron chi connectivity index (χ1n) is 2.80. The Balaban J connectivity index is 2.68. The number of carbonyl (C=O) groups excluding carboxylic acids is 1. The molecule has 0 spiro atoms. The second-order valence-corrected chi connectivity index (χ2v) is 1.85. The summed E-state index contributed by atoms with van der Waals surface area (Å²) in [4.78, 5) is 10.4. The Morgan fingerprint density at radius 1 is 1.67 bits per heavy atom. The van der Waals surface area contributed by atoms with Crippen LogP contribution in [-0.2, 0) is 4.79 Å². The second-order valence-electron chi connectivity index (χ2n) is 1.85. The average molecular weight is 122 g/mol. The number of hydrogen-bond donors (Lipinski definition) is 1. The molecule has 0 heterocycles. The lowest BCUT2D eigenvalue weighted by Gasteiger charge is -2.01. The molecule has 1 radical (unpaired) electrons. The monoisotopic (exact) mass is 122 g/mol. The molecule has 0 saturated carbocycles. The maximum absolute atomic E-state index is 10.4. The third kappa shape index (κ3) is 1.42. The summed E-state index contributed by atoms with van der Waals surface area (Å²) in [6.07, 6.45) is 8.13. The molecule has 0 aliphatic heterocycles. The van der Waals surface area contributed by atoms with Crippen molar-refractivity contribution in [1.82, 2.24) is 0 Å². The van der Waals surface area contributed by atoms with E-state index in [1.807, 2.05) is 18.6 Å². The van der Waals surface area contributed by atoms with E-state index in [-0.39, 0.29) is 5.91 Å². The molecule has 2 nitrogen and oxygen atoms in total. The zero-order valence-corrected chi connectivity index (χ0v) is 5.00. The van der Waals surface area contributed by atoms with E-state index in [4.69, 9.17) is 5.73 Å². The molecule has 2 N–H and O–H groups in total. The molecule has 47 valence electrons. The molecule has 0 aromatic carbocycles. The second kappa shape index (κ2) is 2.49. The SMILES string of the molecule is NC(=O)C1=CC=CC[CH]1. The molecule has 0 fully saturated rings. The van der Waals surface area contributed by atoms with Gasteiger partial charge in [-0.25, -0.2) is 0 Å². The topological polar surface area (TPSA) is 43.1 Å². The van der Waals surface area contributed by atoms with Gasteiger partial charge in [0.2, 0.25) is 5.91 Å². The third-order valence-corrected chi connectivity index (χ3v) is 1.17. The quantitative estimate of drug-likeness (QED) is 0.542. The molecule has 0 aromatic rings. The van der Waals surface area contributed by atoms with E-state index < -0.39 is 0 Å². The summed E-state index contributed by atoms with van der Waals surface area (Å²) in [7, 11) is 0. The molecule has 0 unspecified atom stereocenters. The number of rotatable bonds is 1. The Kier molecular flexibility index (Phi) is 1.68. The van der Waals surface area contributed by atoms with E-state index in [0.717, 1.165) is 6.42 Å². The van der Waals surface area contributed by atoms with E-state index in [9.17, 15) is 4.79 Å². The molecule has 0 saturated heterocycles. The molecule has 2 heteroatoms. The summed E-state index contributed by atoms with van der Waals surface area (Å²) in [5.41, 5.74) is 5.60. The van der Waals surface area contributed by atoms with Gasteiger partial charge in [0, 0.05) is 12.0 Å². The number of nitrogens with two attached hydrogens (primary N) is 1. The zero-order valence-electron chi connectivity index (χ0n) is 5.00. The molecule has 9 heavy (non-hydrogen) atoms. The maximum atomic E-state index is 10.4. The van der Waals surface area contributed by atoms with Crippen LogP contribution in [-0.4, -0.2) is 5.91 Å². The van der Waals surface area contributed by atoms with Crippen LogP contribution in [0.1, 0.15) is 6.42 Å². The van der Waals surface area contributed by atoms with Gasteiger partial charge in [0.15, 0.2) is 0 Å². The van der Waals surface area contributed by atoms with Gasteiger partial charge in [-0.05, 0) is 6.42 Å². The molecule has 0 atom stereocenters. The molecule has 1 rings (SSSR count). The van der Waals surface area contributed by atoms with Crippen molar-refractivity contribution in [3.05, 3.63) is 30.2 Å². The number of carbonyl (C=O) groups is 1. The minimum atomic E-state index is -0.348. The van der Waals surface area contributed by atoms with Gasteiger partial charge in [-0.15, -0.1) is 0 Å². The van der Waals surface area contributed by atoms with Crippen LogP contribution in [0.3, 0.4) is 0 Å². The number of primary amides is 1. The van der Waals surface area contributed by atoms with Gasteiger partial charge >= 0.3 is 0 Å². The van der Waals surface area contributed by atoms with Gasteiger partial charge in [0.05, 0.1) is 0 Å². The lowest BCUT2D eigenvalue weighted by Crippen LogP contribution is -2.14. The standard InChI is InChI=1S/C7H8NO/c8-7(9)6-4-2-1-3-5-6/h1-2,4-5H,3H2,(H2,8,9). The van der Waals surface area contributed by atoms with E-state index >= 15 is 0 Å². The first-order valence-corrected chi connectivity index (χ1v) is 2.80. The number of hydrogen-bond acceptors (Lipinski definition) is 1. The van der Waals surface area contributed by atoms with E-state index in [2.05, 4.69) is 0 Å². The Hall–Kier alpha value is -1.05. The largest absolute Gasteiger partial charge is 0.366 e. The normalized spacial score (nSPS) is 17.1. The Morgan fingerprint density at radius 2 is 2.44 bits per heavy atom. The van der Waals surface area contributed by atoms with Crippen LogP contribution in [0.15, 0.2) is 23.8 Å². The van der Waals surface area contributed by atoms with Crippen molar-refractivity contribution in [2.75, 3.05) is 0 Å². The average Bonchev–Trinajstić information content (AvgIpc) is 1.90. The minimum absolute atomic E-state index is 0.348. The van der Waals surface area contributed by atoms with E-state index in [1.165, 1.54) is 0 Å². The maximum Gasteiger partial charge on any atom is 0.244 e. The minimum Gasteiger partial charge on any atom is -0.366 e. The molecule has 0 aromatic heterocycles. The van der Waals surface area contributed by atoms with Gasteiger partial charge < -0.3 is 5.73 Å². The van der Waals surface area contributed by atoms with Gasteiger partial charge in [0.1, 0.15) is 0 Å². The molecule has 1 aliphatic carbocycles. The van der Waals surface area contributed by atoms with Crippen molar-refractivity contribution in [2.45, 2.75) is 6.42 Å². The molecular weight excluding hydrogens is 114 g/mol. The van der Waals surface area contributed by atoms with Crippen molar-refractivity contribution >= 4 is 5.91 Å². The molecule has 1 aliphatic rings. The predicted molar refractivity (Wildman–Crippen MR) is 35.3 cm³/mol. The van der Waals surface area contributed by atoms with Crippen molar-refractivity contribution < 1.29 is 4.79 Å². The fourth-order valence-electron chi connectivity index (χ4n) is 0.696.